The molecule has 0 bridgehead atoms. The van der Waals surface area contributed by atoms with Gasteiger partial charge in [0.2, 0.25) is 0 Å². The van der Waals surface area contributed by atoms with E-state index in [4.69, 9.17) is 11.6 Å². The van der Waals surface area contributed by atoms with Crippen LogP contribution in [0.25, 0.3) is 0 Å². The first-order chi connectivity index (χ1) is 6.36. The van der Waals surface area contributed by atoms with E-state index in [0.29, 0.717) is 11.1 Å². The van der Waals surface area contributed by atoms with Crippen molar-refractivity contribution in [1.29, 1.82) is 0 Å². The van der Waals surface area contributed by atoms with E-state index in [0.717, 1.165) is 18.7 Å². The lowest BCUT2D eigenvalue weighted by Gasteiger charge is -2.22. The SMILES string of the molecule is Clc1cnnc(C2CCCCN2)c1. The summed E-state index contributed by atoms with van der Waals surface area (Å²) >= 11 is 5.83. The van der Waals surface area contributed by atoms with Gasteiger partial charge in [-0.05, 0) is 25.5 Å². The number of aromatic nitrogens is 2. The predicted octanol–water partition coefficient (Wildman–Crippen LogP) is 1.94. The number of rotatable bonds is 1. The Balaban J connectivity index is 2.14. The van der Waals surface area contributed by atoms with Crippen LogP contribution >= 0.6 is 11.6 Å². The predicted molar refractivity (Wildman–Crippen MR) is 51.6 cm³/mol. The molecule has 0 amide bonds. The molecule has 0 aliphatic carbocycles. The van der Waals surface area contributed by atoms with Crippen LogP contribution in [0.15, 0.2) is 12.3 Å². The van der Waals surface area contributed by atoms with E-state index >= 15 is 0 Å². The van der Waals surface area contributed by atoms with Gasteiger partial charge in [0.25, 0.3) is 0 Å². The van der Waals surface area contributed by atoms with E-state index in [9.17, 15) is 0 Å². The number of nitrogens with zero attached hydrogens (tertiary/aromatic N) is 2. The number of piperidine rings is 1. The third-order valence-electron chi connectivity index (χ3n) is 2.31. The zero-order chi connectivity index (χ0) is 9.10. The summed E-state index contributed by atoms with van der Waals surface area (Å²) in [6.45, 7) is 1.07. The van der Waals surface area contributed by atoms with E-state index in [-0.39, 0.29) is 0 Å². The van der Waals surface area contributed by atoms with Crippen molar-refractivity contribution in [3.05, 3.63) is 23.0 Å². The van der Waals surface area contributed by atoms with E-state index in [1.165, 1.54) is 12.8 Å². The Bertz CT molecular complexity index is 284. The van der Waals surface area contributed by atoms with Crippen molar-refractivity contribution >= 4 is 11.6 Å². The Morgan fingerprint density at radius 2 is 2.38 bits per heavy atom. The summed E-state index contributed by atoms with van der Waals surface area (Å²) in [5, 5.41) is 12.0. The standard InChI is InChI=1S/C9H12ClN3/c10-7-5-9(13-12-6-7)8-3-1-2-4-11-8/h5-6,8,11H,1-4H2. The maximum Gasteiger partial charge on any atom is 0.0815 e. The first-order valence-electron chi connectivity index (χ1n) is 4.58. The molecule has 13 heavy (non-hydrogen) atoms. The molecular weight excluding hydrogens is 186 g/mol. The summed E-state index contributed by atoms with van der Waals surface area (Å²) in [7, 11) is 0. The molecule has 1 atom stereocenters. The first kappa shape index (κ1) is 8.91. The van der Waals surface area contributed by atoms with Crippen LogP contribution in [0.2, 0.25) is 5.02 Å². The van der Waals surface area contributed by atoms with Gasteiger partial charge in [0.1, 0.15) is 0 Å². The zero-order valence-electron chi connectivity index (χ0n) is 7.33. The third-order valence-corrected chi connectivity index (χ3v) is 2.51. The molecule has 1 aliphatic heterocycles. The molecule has 0 aromatic carbocycles. The van der Waals surface area contributed by atoms with E-state index < -0.39 is 0 Å². The van der Waals surface area contributed by atoms with Crippen LogP contribution in [0.3, 0.4) is 0 Å². The van der Waals surface area contributed by atoms with Crippen LogP contribution in [0, 0.1) is 0 Å². The lowest BCUT2D eigenvalue weighted by atomic mass is 10.0. The summed E-state index contributed by atoms with van der Waals surface area (Å²) in [5.74, 6) is 0. The minimum Gasteiger partial charge on any atom is -0.309 e. The molecule has 1 aromatic rings. The summed E-state index contributed by atoms with van der Waals surface area (Å²) in [5.41, 5.74) is 0.965. The second-order valence-electron chi connectivity index (χ2n) is 3.30. The fourth-order valence-electron chi connectivity index (χ4n) is 1.63. The summed E-state index contributed by atoms with van der Waals surface area (Å²) in [4.78, 5) is 0. The van der Waals surface area contributed by atoms with Gasteiger partial charge in [0.15, 0.2) is 0 Å². The zero-order valence-corrected chi connectivity index (χ0v) is 8.09. The third kappa shape index (κ3) is 2.17. The molecule has 1 unspecified atom stereocenters. The lowest BCUT2D eigenvalue weighted by Crippen LogP contribution is -2.27. The Labute approximate surface area is 82.5 Å². The monoisotopic (exact) mass is 197 g/mol. The number of hydrogen-bond acceptors (Lipinski definition) is 3. The summed E-state index contributed by atoms with van der Waals surface area (Å²) in [6, 6.07) is 2.23. The molecular formula is C9H12ClN3. The van der Waals surface area contributed by atoms with Gasteiger partial charge in [-0.3, -0.25) is 0 Å². The molecule has 4 heteroatoms. The maximum absolute atomic E-state index is 5.83. The Morgan fingerprint density at radius 3 is 3.08 bits per heavy atom. The van der Waals surface area contributed by atoms with Crippen molar-refractivity contribution in [1.82, 2.24) is 15.5 Å². The molecule has 70 valence electrons. The highest BCUT2D eigenvalue weighted by molar-refractivity contribution is 6.30. The van der Waals surface area contributed by atoms with Crippen molar-refractivity contribution < 1.29 is 0 Å². The van der Waals surface area contributed by atoms with E-state index in [1.807, 2.05) is 6.07 Å². The lowest BCUT2D eigenvalue weighted by molar-refractivity contribution is 0.403. The number of hydrogen-bond donors (Lipinski definition) is 1. The van der Waals surface area contributed by atoms with Gasteiger partial charge in [-0.1, -0.05) is 18.0 Å². The molecule has 1 N–H and O–H groups in total. The second-order valence-corrected chi connectivity index (χ2v) is 3.74. The Morgan fingerprint density at radius 1 is 1.46 bits per heavy atom. The molecule has 2 rings (SSSR count). The summed E-state index contributed by atoms with van der Waals surface area (Å²) in [6.07, 6.45) is 5.21. The molecule has 1 aromatic heterocycles. The quantitative estimate of drug-likeness (QED) is 0.748. The van der Waals surface area contributed by atoms with Crippen LogP contribution < -0.4 is 5.32 Å². The second kappa shape index (κ2) is 4.03. The largest absolute Gasteiger partial charge is 0.309 e. The fraction of sp³-hybridized carbons (Fsp3) is 0.556. The van der Waals surface area contributed by atoms with Crippen LogP contribution in [0.5, 0.6) is 0 Å². The van der Waals surface area contributed by atoms with Crippen molar-refractivity contribution in [2.45, 2.75) is 25.3 Å². The Hall–Kier alpha value is -0.670. The normalized spacial score (nSPS) is 23.0. The molecule has 2 heterocycles. The van der Waals surface area contributed by atoms with Gasteiger partial charge in [0.05, 0.1) is 23.0 Å². The van der Waals surface area contributed by atoms with Crippen LogP contribution in [0.1, 0.15) is 31.0 Å². The topological polar surface area (TPSA) is 37.8 Å². The molecule has 1 saturated heterocycles. The minimum absolute atomic E-state index is 0.347. The molecule has 1 aliphatic rings. The molecule has 3 nitrogen and oxygen atoms in total. The number of halogens is 1. The summed E-state index contributed by atoms with van der Waals surface area (Å²) < 4.78 is 0. The highest BCUT2D eigenvalue weighted by Crippen LogP contribution is 2.22. The van der Waals surface area contributed by atoms with Gasteiger partial charge >= 0.3 is 0 Å². The van der Waals surface area contributed by atoms with Crippen LogP contribution in [-0.4, -0.2) is 16.7 Å². The molecule has 0 radical (unpaired) electrons. The van der Waals surface area contributed by atoms with Crippen LogP contribution in [-0.2, 0) is 0 Å². The van der Waals surface area contributed by atoms with Crippen molar-refractivity contribution in [2.75, 3.05) is 6.54 Å². The average Bonchev–Trinajstić information content (AvgIpc) is 2.19. The maximum atomic E-state index is 5.83. The molecule has 0 spiro atoms. The van der Waals surface area contributed by atoms with E-state index in [2.05, 4.69) is 15.5 Å². The van der Waals surface area contributed by atoms with Gasteiger partial charge in [0, 0.05) is 0 Å². The Kier molecular flexibility index (Phi) is 2.76. The molecule has 1 fully saturated rings. The van der Waals surface area contributed by atoms with Gasteiger partial charge in [-0.2, -0.15) is 10.2 Å². The fourth-order valence-corrected chi connectivity index (χ4v) is 1.79. The van der Waals surface area contributed by atoms with Crippen molar-refractivity contribution in [3.63, 3.8) is 0 Å². The van der Waals surface area contributed by atoms with E-state index in [1.54, 1.807) is 6.20 Å². The highest BCUT2D eigenvalue weighted by atomic mass is 35.5. The average molecular weight is 198 g/mol. The smallest absolute Gasteiger partial charge is 0.0815 e. The van der Waals surface area contributed by atoms with Crippen molar-refractivity contribution in [2.24, 2.45) is 0 Å². The first-order valence-corrected chi connectivity index (χ1v) is 4.95. The minimum atomic E-state index is 0.347. The van der Waals surface area contributed by atoms with Gasteiger partial charge in [-0.25, -0.2) is 0 Å². The highest BCUT2D eigenvalue weighted by Gasteiger charge is 2.16. The van der Waals surface area contributed by atoms with Gasteiger partial charge < -0.3 is 5.32 Å². The molecule has 0 saturated carbocycles. The van der Waals surface area contributed by atoms with Gasteiger partial charge in [-0.15, -0.1) is 0 Å². The van der Waals surface area contributed by atoms with Crippen molar-refractivity contribution in [3.8, 4) is 0 Å². The number of nitrogens with one attached hydrogen (secondary N) is 1. The van der Waals surface area contributed by atoms with Crippen LogP contribution in [0.4, 0.5) is 0 Å².